The van der Waals surface area contributed by atoms with Crippen LogP contribution in [0.25, 0.3) is 0 Å². The van der Waals surface area contributed by atoms with Gasteiger partial charge in [0.05, 0.1) is 6.10 Å². The molecule has 0 radical (unpaired) electrons. The Bertz CT molecular complexity index is 148. The van der Waals surface area contributed by atoms with Crippen molar-refractivity contribution in [2.24, 2.45) is 0 Å². The van der Waals surface area contributed by atoms with Crippen molar-refractivity contribution in [2.45, 2.75) is 38.6 Å². The summed E-state index contributed by atoms with van der Waals surface area (Å²) in [5.74, 6) is 2.43. The maximum absolute atomic E-state index is 5.47. The molecule has 0 aromatic heterocycles. The highest BCUT2D eigenvalue weighted by molar-refractivity contribution is 4.83. The van der Waals surface area contributed by atoms with Gasteiger partial charge in [-0.25, -0.2) is 0 Å². The minimum Gasteiger partial charge on any atom is -0.350 e. The van der Waals surface area contributed by atoms with Crippen molar-refractivity contribution in [2.75, 3.05) is 6.61 Å². The van der Waals surface area contributed by atoms with Gasteiger partial charge in [0.2, 0.25) is 0 Å². The molecule has 0 aromatic carbocycles. The van der Waals surface area contributed by atoms with Gasteiger partial charge in [-0.05, 0) is 26.2 Å². The average Bonchev–Trinajstić information content (AvgIpc) is 2.01. The van der Waals surface area contributed by atoms with Crippen LogP contribution < -0.4 is 0 Å². The van der Waals surface area contributed by atoms with Crippen molar-refractivity contribution < 1.29 is 9.47 Å². The number of terminal acetylenes is 1. The molecule has 1 rings (SSSR count). The van der Waals surface area contributed by atoms with Crippen LogP contribution >= 0.6 is 0 Å². The summed E-state index contributed by atoms with van der Waals surface area (Å²) >= 11 is 0. The van der Waals surface area contributed by atoms with Crippen LogP contribution in [0.3, 0.4) is 0 Å². The fourth-order valence-electron chi connectivity index (χ4n) is 1.23. The average molecular weight is 154 g/mol. The monoisotopic (exact) mass is 154 g/mol. The molecule has 11 heavy (non-hydrogen) atoms. The highest BCUT2D eigenvalue weighted by Crippen LogP contribution is 2.18. The summed E-state index contributed by atoms with van der Waals surface area (Å²) in [4.78, 5) is 0. The van der Waals surface area contributed by atoms with Gasteiger partial charge in [-0.15, -0.1) is 6.42 Å². The first-order valence-electron chi connectivity index (χ1n) is 4.03. The van der Waals surface area contributed by atoms with E-state index in [1.54, 1.807) is 0 Å². The molecular weight excluding hydrogens is 140 g/mol. The summed E-state index contributed by atoms with van der Waals surface area (Å²) in [7, 11) is 0. The molecular formula is C9H14O2. The van der Waals surface area contributed by atoms with E-state index in [-0.39, 0.29) is 6.29 Å². The van der Waals surface area contributed by atoms with Gasteiger partial charge in [-0.2, -0.15) is 0 Å². The predicted octanol–water partition coefficient (Wildman–Crippen LogP) is 1.55. The second-order valence-electron chi connectivity index (χ2n) is 2.82. The molecule has 0 bridgehead atoms. The van der Waals surface area contributed by atoms with Crippen LogP contribution in [0.2, 0.25) is 0 Å². The topological polar surface area (TPSA) is 18.5 Å². The van der Waals surface area contributed by atoms with Crippen LogP contribution in [0.1, 0.15) is 26.2 Å². The van der Waals surface area contributed by atoms with Gasteiger partial charge in [0.1, 0.15) is 6.61 Å². The zero-order chi connectivity index (χ0) is 8.10. The third kappa shape index (κ3) is 2.92. The summed E-state index contributed by atoms with van der Waals surface area (Å²) in [6.07, 6.45) is 8.60. The fraction of sp³-hybridized carbons (Fsp3) is 0.778. The Balaban J connectivity index is 2.18. The molecule has 2 heteroatoms. The van der Waals surface area contributed by atoms with E-state index in [4.69, 9.17) is 15.9 Å². The Morgan fingerprint density at radius 3 is 3.09 bits per heavy atom. The van der Waals surface area contributed by atoms with Crippen LogP contribution in [0.15, 0.2) is 0 Å². The van der Waals surface area contributed by atoms with Crippen LogP contribution in [-0.4, -0.2) is 19.0 Å². The summed E-state index contributed by atoms with van der Waals surface area (Å²) in [6.45, 7) is 2.42. The molecule has 0 saturated carbocycles. The first-order valence-corrected chi connectivity index (χ1v) is 4.03. The summed E-state index contributed by atoms with van der Waals surface area (Å²) in [6, 6.07) is 0. The molecule has 0 spiro atoms. The Morgan fingerprint density at radius 2 is 2.45 bits per heavy atom. The maximum atomic E-state index is 5.47. The highest BCUT2D eigenvalue weighted by atomic mass is 16.7. The lowest BCUT2D eigenvalue weighted by molar-refractivity contribution is -0.182. The summed E-state index contributed by atoms with van der Waals surface area (Å²) < 4.78 is 10.7. The van der Waals surface area contributed by atoms with E-state index in [0.29, 0.717) is 12.7 Å². The lowest BCUT2D eigenvalue weighted by atomic mass is 10.1. The molecule has 1 fully saturated rings. The van der Waals surface area contributed by atoms with Gasteiger partial charge >= 0.3 is 0 Å². The largest absolute Gasteiger partial charge is 0.350 e. The van der Waals surface area contributed by atoms with Gasteiger partial charge in [-0.1, -0.05) is 5.92 Å². The first kappa shape index (κ1) is 8.58. The molecule has 0 N–H and O–H groups in total. The van der Waals surface area contributed by atoms with Gasteiger partial charge in [0, 0.05) is 0 Å². The van der Waals surface area contributed by atoms with Crippen molar-refractivity contribution >= 4 is 0 Å². The zero-order valence-corrected chi connectivity index (χ0v) is 6.88. The van der Waals surface area contributed by atoms with E-state index in [1.807, 2.05) is 0 Å². The van der Waals surface area contributed by atoms with Crippen molar-refractivity contribution in [3.05, 3.63) is 0 Å². The van der Waals surface area contributed by atoms with Crippen molar-refractivity contribution in [1.29, 1.82) is 0 Å². The Labute approximate surface area is 67.9 Å². The molecule has 62 valence electrons. The second kappa shape index (κ2) is 4.38. The third-order valence-corrected chi connectivity index (χ3v) is 1.79. The molecule has 0 aliphatic carbocycles. The van der Waals surface area contributed by atoms with E-state index in [1.165, 1.54) is 6.42 Å². The quantitative estimate of drug-likeness (QED) is 0.562. The molecule has 2 nitrogen and oxygen atoms in total. The zero-order valence-electron chi connectivity index (χ0n) is 6.88. The van der Waals surface area contributed by atoms with Crippen LogP contribution in [-0.2, 0) is 9.47 Å². The standard InChI is InChI=1S/C9H14O2/c1-3-7-10-9-6-4-5-8(2)11-9/h1,8-9H,4-7H2,2H3/t8?,9-/m1/s1. The maximum Gasteiger partial charge on any atom is 0.159 e. The highest BCUT2D eigenvalue weighted by Gasteiger charge is 2.18. The number of ether oxygens (including phenoxy) is 2. The van der Waals surface area contributed by atoms with E-state index in [9.17, 15) is 0 Å². The van der Waals surface area contributed by atoms with Gasteiger partial charge in [0.15, 0.2) is 6.29 Å². The minimum atomic E-state index is -0.0604. The normalized spacial score (nSPS) is 31.3. The van der Waals surface area contributed by atoms with Crippen molar-refractivity contribution in [3.63, 3.8) is 0 Å². The van der Waals surface area contributed by atoms with E-state index in [0.717, 1.165) is 12.8 Å². The fourth-order valence-corrected chi connectivity index (χ4v) is 1.23. The summed E-state index contributed by atoms with van der Waals surface area (Å²) in [5.41, 5.74) is 0. The van der Waals surface area contributed by atoms with Gasteiger partial charge in [-0.3, -0.25) is 0 Å². The lowest BCUT2D eigenvalue weighted by Gasteiger charge is -2.26. The molecule has 0 amide bonds. The minimum absolute atomic E-state index is 0.0604. The SMILES string of the molecule is C#CCO[C@H]1CCCC(C)O1. The second-order valence-corrected chi connectivity index (χ2v) is 2.82. The van der Waals surface area contributed by atoms with Gasteiger partial charge in [0.25, 0.3) is 0 Å². The summed E-state index contributed by atoms with van der Waals surface area (Å²) in [5, 5.41) is 0. The van der Waals surface area contributed by atoms with Gasteiger partial charge < -0.3 is 9.47 Å². The molecule has 2 atom stereocenters. The van der Waals surface area contributed by atoms with E-state index in [2.05, 4.69) is 12.8 Å². The Kier molecular flexibility index (Phi) is 3.41. The van der Waals surface area contributed by atoms with Crippen molar-refractivity contribution in [1.82, 2.24) is 0 Å². The predicted molar refractivity (Wildman–Crippen MR) is 43.0 cm³/mol. The van der Waals surface area contributed by atoms with Crippen LogP contribution in [0.5, 0.6) is 0 Å². The lowest BCUT2D eigenvalue weighted by Crippen LogP contribution is -2.27. The van der Waals surface area contributed by atoms with Crippen LogP contribution in [0.4, 0.5) is 0 Å². The van der Waals surface area contributed by atoms with Crippen molar-refractivity contribution in [3.8, 4) is 12.3 Å². The smallest absolute Gasteiger partial charge is 0.159 e. The van der Waals surface area contributed by atoms with Crippen LogP contribution in [0, 0.1) is 12.3 Å². The number of rotatable bonds is 2. The third-order valence-electron chi connectivity index (χ3n) is 1.79. The first-order chi connectivity index (χ1) is 5.33. The van der Waals surface area contributed by atoms with E-state index < -0.39 is 0 Å². The Morgan fingerprint density at radius 1 is 1.64 bits per heavy atom. The number of hydrogen-bond acceptors (Lipinski definition) is 2. The molecule has 0 aromatic rings. The number of hydrogen-bond donors (Lipinski definition) is 0. The molecule has 1 saturated heterocycles. The Hall–Kier alpha value is -0.520. The molecule has 1 unspecified atom stereocenters. The van der Waals surface area contributed by atoms with E-state index >= 15 is 0 Å². The molecule has 1 heterocycles. The molecule has 1 aliphatic heterocycles. The molecule has 1 aliphatic rings.